The van der Waals surface area contributed by atoms with Gasteiger partial charge in [-0.05, 0) is 31.1 Å². The van der Waals surface area contributed by atoms with Crippen molar-refractivity contribution in [3.8, 4) is 0 Å². The topological polar surface area (TPSA) is 57.5 Å². The summed E-state index contributed by atoms with van der Waals surface area (Å²) in [6.07, 6.45) is 3.90. The maximum absolute atomic E-state index is 11.2. The predicted octanol–water partition coefficient (Wildman–Crippen LogP) is 2.20. The van der Waals surface area contributed by atoms with Crippen molar-refractivity contribution < 1.29 is 13.9 Å². The Morgan fingerprint density at radius 3 is 2.47 bits per heavy atom. The standard InChI is InChI=1S/C11H22O3S/c1-4-5-10(3)11(15(13)14)8-9(2)6-7-12/h4,9-12H,1,5-8H2,2-3H3,(H,13,14)/t9-,10-,11-/m0/s1. The molecular weight excluding hydrogens is 212 g/mol. The normalized spacial score (nSPS) is 19.2. The molecule has 0 bridgehead atoms. The fourth-order valence-corrected chi connectivity index (χ4v) is 2.66. The van der Waals surface area contributed by atoms with Crippen molar-refractivity contribution in [2.24, 2.45) is 11.8 Å². The third-order valence-electron chi connectivity index (χ3n) is 2.69. The highest BCUT2D eigenvalue weighted by molar-refractivity contribution is 7.79. The summed E-state index contributed by atoms with van der Waals surface area (Å²) in [6, 6.07) is 0. The van der Waals surface area contributed by atoms with E-state index < -0.39 is 11.1 Å². The molecule has 0 aliphatic carbocycles. The zero-order chi connectivity index (χ0) is 11.8. The Morgan fingerprint density at radius 2 is 2.07 bits per heavy atom. The molecule has 1 unspecified atom stereocenters. The van der Waals surface area contributed by atoms with Crippen molar-refractivity contribution in [1.82, 2.24) is 0 Å². The van der Waals surface area contributed by atoms with Crippen molar-refractivity contribution in [3.05, 3.63) is 12.7 Å². The second-order valence-electron chi connectivity index (χ2n) is 4.17. The summed E-state index contributed by atoms with van der Waals surface area (Å²) in [5.74, 6) is 0.442. The summed E-state index contributed by atoms with van der Waals surface area (Å²) in [6.45, 7) is 7.74. The van der Waals surface area contributed by atoms with Gasteiger partial charge in [-0.3, -0.25) is 0 Å². The van der Waals surface area contributed by atoms with Gasteiger partial charge in [0.15, 0.2) is 11.1 Å². The number of rotatable bonds is 8. The number of aliphatic hydroxyl groups is 1. The van der Waals surface area contributed by atoms with E-state index in [4.69, 9.17) is 5.11 Å². The number of aliphatic hydroxyl groups excluding tert-OH is 1. The van der Waals surface area contributed by atoms with Crippen LogP contribution in [0.15, 0.2) is 12.7 Å². The van der Waals surface area contributed by atoms with E-state index in [1.807, 2.05) is 13.8 Å². The van der Waals surface area contributed by atoms with Crippen LogP contribution in [0, 0.1) is 11.8 Å². The third kappa shape index (κ3) is 6.07. The first kappa shape index (κ1) is 14.8. The lowest BCUT2D eigenvalue weighted by Crippen LogP contribution is -2.25. The quantitative estimate of drug-likeness (QED) is 0.500. The van der Waals surface area contributed by atoms with Crippen molar-refractivity contribution in [3.63, 3.8) is 0 Å². The molecule has 0 aromatic carbocycles. The summed E-state index contributed by atoms with van der Waals surface area (Å²) in [5.41, 5.74) is 0. The minimum Gasteiger partial charge on any atom is -0.396 e. The maximum Gasteiger partial charge on any atom is 0.156 e. The summed E-state index contributed by atoms with van der Waals surface area (Å²) in [4.78, 5) is 0. The first-order chi connectivity index (χ1) is 7.02. The molecule has 3 nitrogen and oxygen atoms in total. The number of hydrogen-bond acceptors (Lipinski definition) is 2. The molecule has 0 fully saturated rings. The molecule has 0 spiro atoms. The van der Waals surface area contributed by atoms with Crippen molar-refractivity contribution in [1.29, 1.82) is 0 Å². The van der Waals surface area contributed by atoms with Gasteiger partial charge in [0.1, 0.15) is 0 Å². The molecule has 0 radical (unpaired) electrons. The molecule has 0 aliphatic heterocycles. The first-order valence-electron chi connectivity index (χ1n) is 5.34. The molecule has 0 aromatic heterocycles. The van der Waals surface area contributed by atoms with Crippen LogP contribution in [-0.2, 0) is 11.1 Å². The van der Waals surface area contributed by atoms with E-state index >= 15 is 0 Å². The molecule has 0 heterocycles. The number of hydrogen-bond donors (Lipinski definition) is 2. The highest BCUT2D eigenvalue weighted by Crippen LogP contribution is 2.22. The lowest BCUT2D eigenvalue weighted by Gasteiger charge is -2.22. The van der Waals surface area contributed by atoms with Crippen LogP contribution in [0.2, 0.25) is 0 Å². The second kappa shape index (κ2) is 8.02. The minimum absolute atomic E-state index is 0.141. The van der Waals surface area contributed by atoms with Crippen LogP contribution in [0.25, 0.3) is 0 Å². The van der Waals surface area contributed by atoms with Gasteiger partial charge >= 0.3 is 0 Å². The van der Waals surface area contributed by atoms with E-state index in [0.29, 0.717) is 12.8 Å². The van der Waals surface area contributed by atoms with Crippen LogP contribution in [0.4, 0.5) is 0 Å². The third-order valence-corrected chi connectivity index (χ3v) is 3.86. The van der Waals surface area contributed by atoms with Gasteiger partial charge in [-0.1, -0.05) is 19.9 Å². The Kier molecular flexibility index (Phi) is 7.92. The van der Waals surface area contributed by atoms with Gasteiger partial charge in [-0.25, -0.2) is 4.21 Å². The van der Waals surface area contributed by atoms with Crippen LogP contribution in [0.5, 0.6) is 0 Å². The molecule has 15 heavy (non-hydrogen) atoms. The van der Waals surface area contributed by atoms with Crippen LogP contribution in [0.3, 0.4) is 0 Å². The van der Waals surface area contributed by atoms with Crippen LogP contribution >= 0.6 is 0 Å². The van der Waals surface area contributed by atoms with E-state index in [0.717, 1.165) is 6.42 Å². The Morgan fingerprint density at radius 1 is 1.47 bits per heavy atom. The van der Waals surface area contributed by atoms with E-state index in [1.54, 1.807) is 6.08 Å². The molecule has 0 saturated carbocycles. The largest absolute Gasteiger partial charge is 0.396 e. The average Bonchev–Trinajstić information content (AvgIpc) is 2.14. The molecule has 90 valence electrons. The Labute approximate surface area is 94.9 Å². The molecule has 0 saturated heterocycles. The first-order valence-corrected chi connectivity index (χ1v) is 6.51. The summed E-state index contributed by atoms with van der Waals surface area (Å²) < 4.78 is 20.4. The Bertz CT molecular complexity index is 206. The lowest BCUT2D eigenvalue weighted by molar-refractivity contribution is 0.253. The molecule has 0 rings (SSSR count). The highest BCUT2D eigenvalue weighted by atomic mass is 32.2. The Balaban J connectivity index is 4.26. The maximum atomic E-state index is 11.2. The second-order valence-corrected chi connectivity index (χ2v) is 5.33. The lowest BCUT2D eigenvalue weighted by atomic mass is 9.93. The number of allylic oxidation sites excluding steroid dienone is 1. The van der Waals surface area contributed by atoms with Crippen LogP contribution in [0.1, 0.15) is 33.1 Å². The van der Waals surface area contributed by atoms with Crippen LogP contribution in [-0.4, -0.2) is 25.7 Å². The van der Waals surface area contributed by atoms with Crippen molar-refractivity contribution >= 4 is 11.1 Å². The zero-order valence-electron chi connectivity index (χ0n) is 9.56. The highest BCUT2D eigenvalue weighted by Gasteiger charge is 2.23. The molecular formula is C11H22O3S. The smallest absolute Gasteiger partial charge is 0.156 e. The van der Waals surface area contributed by atoms with Crippen LogP contribution < -0.4 is 0 Å². The molecule has 4 heteroatoms. The summed E-state index contributed by atoms with van der Waals surface area (Å²) in [5, 5.41) is 8.56. The fraction of sp³-hybridized carbons (Fsp3) is 0.818. The zero-order valence-corrected chi connectivity index (χ0v) is 10.4. The van der Waals surface area contributed by atoms with Crippen molar-refractivity contribution in [2.75, 3.05) is 6.61 Å². The van der Waals surface area contributed by atoms with Gasteiger partial charge < -0.3 is 9.66 Å². The minimum atomic E-state index is -1.79. The molecule has 0 amide bonds. The van der Waals surface area contributed by atoms with Gasteiger partial charge in [0.25, 0.3) is 0 Å². The van der Waals surface area contributed by atoms with Gasteiger partial charge in [0, 0.05) is 6.61 Å². The fourth-order valence-electron chi connectivity index (χ4n) is 1.66. The predicted molar refractivity (Wildman–Crippen MR) is 64.0 cm³/mol. The van der Waals surface area contributed by atoms with Gasteiger partial charge in [-0.15, -0.1) is 6.58 Å². The van der Waals surface area contributed by atoms with Gasteiger partial charge in [-0.2, -0.15) is 0 Å². The van der Waals surface area contributed by atoms with E-state index in [1.165, 1.54) is 0 Å². The molecule has 0 aliphatic rings. The average molecular weight is 234 g/mol. The monoisotopic (exact) mass is 234 g/mol. The summed E-state index contributed by atoms with van der Waals surface area (Å²) >= 11 is -1.79. The molecule has 4 atom stereocenters. The van der Waals surface area contributed by atoms with Crippen molar-refractivity contribution in [2.45, 2.75) is 38.4 Å². The van der Waals surface area contributed by atoms with Gasteiger partial charge in [0.2, 0.25) is 0 Å². The van der Waals surface area contributed by atoms with E-state index in [2.05, 4.69) is 6.58 Å². The molecule has 0 aromatic rings. The summed E-state index contributed by atoms with van der Waals surface area (Å²) in [7, 11) is 0. The van der Waals surface area contributed by atoms with E-state index in [9.17, 15) is 8.76 Å². The Hall–Kier alpha value is -0.190. The molecule has 2 N–H and O–H groups in total. The van der Waals surface area contributed by atoms with Gasteiger partial charge in [0.05, 0.1) is 5.25 Å². The SMILES string of the molecule is C=CC[C@H](C)[C@H](C[C@@H](C)CCO)S(=O)O. The van der Waals surface area contributed by atoms with E-state index in [-0.39, 0.29) is 23.7 Å².